The quantitative estimate of drug-likeness (QED) is 0.0233. The second kappa shape index (κ2) is 46.1. The van der Waals surface area contributed by atoms with Gasteiger partial charge in [-0.25, -0.2) is 4.57 Å². The van der Waals surface area contributed by atoms with Crippen LogP contribution in [0.1, 0.15) is 142 Å². The topological polar surface area (TPSA) is 155 Å². The summed E-state index contributed by atoms with van der Waals surface area (Å²) in [6, 6.07) is -1.49. The van der Waals surface area contributed by atoms with E-state index in [4.69, 9.17) is 29.4 Å². The Bertz CT molecular complexity index is 1500. The maximum absolute atomic E-state index is 12.7. The Labute approximate surface area is 381 Å². The van der Waals surface area contributed by atoms with E-state index >= 15 is 0 Å². The number of carbonyl (C=O) groups is 2. The Morgan fingerprint density at radius 3 is 1.30 bits per heavy atom. The molecule has 0 fully saturated rings. The molecule has 0 aliphatic heterocycles. The van der Waals surface area contributed by atoms with Crippen molar-refractivity contribution in [3.8, 4) is 0 Å². The average molecular weight is 896 g/mol. The van der Waals surface area contributed by atoms with Crippen LogP contribution in [-0.4, -0.2) is 60.5 Å². The molecule has 0 bridgehead atoms. The third-order valence-electron chi connectivity index (χ3n) is 8.93. The lowest BCUT2D eigenvalue weighted by Gasteiger charge is -2.20. The highest BCUT2D eigenvalue weighted by atomic mass is 31.2. The fourth-order valence-corrected chi connectivity index (χ4v) is 6.18. The lowest BCUT2D eigenvalue weighted by molar-refractivity contribution is -0.154. The number of carboxylic acid groups (broad SMARTS) is 1. The van der Waals surface area contributed by atoms with Gasteiger partial charge in [0.1, 0.15) is 12.1 Å². The summed E-state index contributed by atoms with van der Waals surface area (Å²) in [6.45, 7) is 3.50. The zero-order valence-corrected chi connectivity index (χ0v) is 39.5. The lowest BCUT2D eigenvalue weighted by atomic mass is 10.1. The highest BCUT2D eigenvalue weighted by Crippen LogP contribution is 2.43. The molecule has 0 rings (SSSR count). The first kappa shape index (κ1) is 59.1. The van der Waals surface area contributed by atoms with Crippen LogP contribution >= 0.6 is 7.82 Å². The molecule has 0 saturated carbocycles. The molecule has 3 atom stereocenters. The highest BCUT2D eigenvalue weighted by molar-refractivity contribution is 7.47. The Balaban J connectivity index is 4.40. The largest absolute Gasteiger partial charge is 0.480 e. The number of nitrogens with two attached hydrogens (primary N) is 1. The van der Waals surface area contributed by atoms with Gasteiger partial charge in [0.05, 0.1) is 19.8 Å². The van der Waals surface area contributed by atoms with Gasteiger partial charge in [-0.15, -0.1) is 0 Å². The molecule has 0 spiro atoms. The predicted molar refractivity (Wildman–Crippen MR) is 262 cm³/mol. The van der Waals surface area contributed by atoms with Gasteiger partial charge in [-0.3, -0.25) is 18.6 Å². The van der Waals surface area contributed by atoms with Crippen LogP contribution in [-0.2, 0) is 32.7 Å². The monoisotopic (exact) mass is 896 g/mol. The van der Waals surface area contributed by atoms with Gasteiger partial charge in [-0.05, 0) is 103 Å². The Morgan fingerprint density at radius 1 is 0.508 bits per heavy atom. The minimum Gasteiger partial charge on any atom is -0.480 e. The highest BCUT2D eigenvalue weighted by Gasteiger charge is 2.27. The lowest BCUT2D eigenvalue weighted by Crippen LogP contribution is -2.34. The second-order valence-corrected chi connectivity index (χ2v) is 16.2. The van der Waals surface area contributed by atoms with Crippen LogP contribution < -0.4 is 5.73 Å². The smallest absolute Gasteiger partial charge is 0.472 e. The van der Waals surface area contributed by atoms with Crippen LogP contribution in [0.4, 0.5) is 0 Å². The van der Waals surface area contributed by atoms with Crippen LogP contribution in [0.25, 0.3) is 0 Å². The van der Waals surface area contributed by atoms with Gasteiger partial charge in [0.15, 0.2) is 0 Å². The number of phosphoric acid groups is 1. The average Bonchev–Trinajstić information content (AvgIpc) is 3.26. The van der Waals surface area contributed by atoms with Crippen LogP contribution in [0.15, 0.2) is 134 Å². The summed E-state index contributed by atoms with van der Waals surface area (Å²) in [5, 5.41) is 8.91. The third kappa shape index (κ3) is 45.9. The molecule has 0 amide bonds. The van der Waals surface area contributed by atoms with E-state index in [1.54, 1.807) is 0 Å². The minimum atomic E-state index is -4.65. The Kier molecular flexibility index (Phi) is 43.3. The van der Waals surface area contributed by atoms with Crippen molar-refractivity contribution in [1.82, 2.24) is 0 Å². The Morgan fingerprint density at radius 2 is 0.873 bits per heavy atom. The number of allylic oxidation sites excluding steroid dienone is 22. The number of carboxylic acids is 1. The number of esters is 1. The van der Waals surface area contributed by atoms with E-state index in [1.165, 1.54) is 0 Å². The van der Waals surface area contributed by atoms with Gasteiger partial charge in [0.2, 0.25) is 0 Å². The minimum absolute atomic E-state index is 0.0297. The standard InChI is InChI=1S/C52H82NO9P/c1-3-5-7-9-11-13-15-17-19-21-23-24-25-26-27-28-30-32-34-36-38-40-42-44-51(54)62-49(47-60-63(57,58)61-48-50(53)52(55)56)46-59-45-43-41-39-37-35-33-31-29-22-20-18-16-14-12-10-8-6-4-2/h5-8,11-14,17-20,23-24,26-27,29-32,36,38,49-50H,3-4,9-10,15-16,21-22,25,28,33-35,37,39-48,53H2,1-2H3,(H,55,56)(H,57,58)/b7-5-,8-6-,13-11-,14-12-,19-17-,20-18-,24-23-,27-26-,31-29-,32-30-,38-36-. The van der Waals surface area contributed by atoms with E-state index in [9.17, 15) is 19.0 Å². The van der Waals surface area contributed by atoms with Crippen molar-refractivity contribution < 1.29 is 42.7 Å². The van der Waals surface area contributed by atoms with Crippen molar-refractivity contribution in [2.75, 3.05) is 26.4 Å². The molecule has 63 heavy (non-hydrogen) atoms. The molecule has 10 nitrogen and oxygen atoms in total. The van der Waals surface area contributed by atoms with Crippen molar-refractivity contribution in [3.05, 3.63) is 134 Å². The molecule has 354 valence electrons. The molecule has 3 unspecified atom stereocenters. The molecule has 4 N–H and O–H groups in total. The molecule has 0 radical (unpaired) electrons. The van der Waals surface area contributed by atoms with Crippen molar-refractivity contribution >= 4 is 19.8 Å². The molecule has 0 aliphatic rings. The van der Waals surface area contributed by atoms with E-state index in [1.807, 2.05) is 6.08 Å². The van der Waals surface area contributed by atoms with E-state index < -0.39 is 45.1 Å². The number of unbranched alkanes of at least 4 members (excludes halogenated alkanes) is 6. The SMILES string of the molecule is CC/C=C\C/C=C\C/C=C\C/C=C\C/C=C\C/C=C\C/C=C\CCCC(=O)OC(COCCCCCCC/C=C\C/C=C\C/C=C\C/C=C\CC)COP(=O)(O)OCC(N)C(=O)O. The van der Waals surface area contributed by atoms with Crippen LogP contribution in [0, 0.1) is 0 Å². The second-order valence-electron chi connectivity index (χ2n) is 14.8. The molecule has 0 aromatic heterocycles. The van der Waals surface area contributed by atoms with Crippen molar-refractivity contribution in [3.63, 3.8) is 0 Å². The van der Waals surface area contributed by atoms with Gasteiger partial charge in [0.25, 0.3) is 0 Å². The summed E-state index contributed by atoms with van der Waals surface area (Å²) < 4.78 is 33.3. The summed E-state index contributed by atoms with van der Waals surface area (Å²) in [6.07, 6.45) is 65.1. The Hall–Kier alpha value is -3.89. The first-order chi connectivity index (χ1) is 30.7. The molecule has 11 heteroatoms. The number of hydrogen-bond donors (Lipinski definition) is 3. The summed E-state index contributed by atoms with van der Waals surface area (Å²) in [5.74, 6) is -1.86. The molecule has 0 aromatic rings. The number of phosphoric ester groups is 1. The predicted octanol–water partition coefficient (Wildman–Crippen LogP) is 13.4. The zero-order chi connectivity index (χ0) is 46.2. The molecular formula is C52H82NO9P. The molecule has 0 heterocycles. The van der Waals surface area contributed by atoms with Gasteiger partial charge >= 0.3 is 19.8 Å². The summed E-state index contributed by atoms with van der Waals surface area (Å²) in [4.78, 5) is 33.6. The molecule has 0 aromatic carbocycles. The van der Waals surface area contributed by atoms with Crippen molar-refractivity contribution in [2.45, 2.75) is 154 Å². The molecule has 0 aliphatic carbocycles. The van der Waals surface area contributed by atoms with E-state index in [2.05, 4.69) is 141 Å². The third-order valence-corrected chi connectivity index (χ3v) is 9.88. The maximum atomic E-state index is 12.7. The van der Waals surface area contributed by atoms with Gasteiger partial charge in [0, 0.05) is 13.0 Å². The maximum Gasteiger partial charge on any atom is 0.472 e. The van der Waals surface area contributed by atoms with Crippen LogP contribution in [0.3, 0.4) is 0 Å². The fraction of sp³-hybridized carbons (Fsp3) is 0.538. The normalized spacial score (nSPS) is 15.0. The number of aliphatic carboxylic acids is 1. The van der Waals surface area contributed by atoms with Gasteiger partial charge in [-0.1, -0.05) is 167 Å². The summed E-state index contributed by atoms with van der Waals surface area (Å²) in [7, 11) is -4.65. The van der Waals surface area contributed by atoms with Crippen molar-refractivity contribution in [2.24, 2.45) is 5.73 Å². The van der Waals surface area contributed by atoms with E-state index in [-0.39, 0.29) is 13.0 Å². The van der Waals surface area contributed by atoms with Crippen molar-refractivity contribution in [1.29, 1.82) is 0 Å². The number of ether oxygens (including phenoxy) is 2. The molecular weight excluding hydrogens is 814 g/mol. The van der Waals surface area contributed by atoms with Gasteiger partial charge in [-0.2, -0.15) is 0 Å². The number of carbonyl (C=O) groups excluding carboxylic acids is 1. The van der Waals surface area contributed by atoms with Crippen LogP contribution in [0.2, 0.25) is 0 Å². The van der Waals surface area contributed by atoms with E-state index in [0.29, 0.717) is 19.4 Å². The van der Waals surface area contributed by atoms with Crippen LogP contribution in [0.5, 0.6) is 0 Å². The first-order valence-electron chi connectivity index (χ1n) is 23.2. The first-order valence-corrected chi connectivity index (χ1v) is 24.7. The summed E-state index contributed by atoms with van der Waals surface area (Å²) >= 11 is 0. The zero-order valence-electron chi connectivity index (χ0n) is 38.6. The fourth-order valence-electron chi connectivity index (χ4n) is 5.41. The number of rotatable bonds is 42. The number of hydrogen-bond acceptors (Lipinski definition) is 8. The van der Waals surface area contributed by atoms with Gasteiger partial charge < -0.3 is 25.2 Å². The summed E-state index contributed by atoms with van der Waals surface area (Å²) in [5.41, 5.74) is 5.36. The molecule has 0 saturated heterocycles. The van der Waals surface area contributed by atoms with E-state index in [0.717, 1.165) is 109 Å².